The summed E-state index contributed by atoms with van der Waals surface area (Å²) in [5.74, 6) is 2.01. The van der Waals surface area contributed by atoms with Crippen LogP contribution >= 0.6 is 27.7 Å². The summed E-state index contributed by atoms with van der Waals surface area (Å²) in [5.41, 5.74) is 6.47. The largest absolute Gasteiger partial charge is 0.338 e. The van der Waals surface area contributed by atoms with Crippen LogP contribution in [0.3, 0.4) is 0 Å². The molecule has 0 amide bonds. The third-order valence-corrected chi connectivity index (χ3v) is 4.33. The maximum absolute atomic E-state index is 5.52. The molecular weight excluding hydrogens is 326 g/mol. The molecule has 0 aliphatic carbocycles. The molecule has 0 radical (unpaired) electrons. The Labute approximate surface area is 125 Å². The highest BCUT2D eigenvalue weighted by atomic mass is 79.9. The van der Waals surface area contributed by atoms with Crippen molar-refractivity contribution >= 4 is 27.7 Å². The molecule has 1 heterocycles. The molecule has 2 N–H and O–H groups in total. The van der Waals surface area contributed by atoms with Crippen molar-refractivity contribution in [2.75, 3.05) is 6.54 Å². The first-order chi connectivity index (χ1) is 9.19. The van der Waals surface area contributed by atoms with Crippen LogP contribution in [0.15, 0.2) is 33.3 Å². The highest BCUT2D eigenvalue weighted by molar-refractivity contribution is 9.10. The van der Waals surface area contributed by atoms with Crippen molar-refractivity contribution in [2.45, 2.75) is 24.3 Å². The average molecular weight is 342 g/mol. The summed E-state index contributed by atoms with van der Waals surface area (Å²) in [6, 6.07) is 7.85. The van der Waals surface area contributed by atoms with Crippen molar-refractivity contribution in [1.82, 2.24) is 10.1 Å². The zero-order valence-electron chi connectivity index (χ0n) is 10.7. The normalized spacial score (nSPS) is 12.6. The highest BCUT2D eigenvalue weighted by Crippen LogP contribution is 2.23. The second kappa shape index (κ2) is 7.07. The number of nitrogens with two attached hydrogens (primary N) is 1. The molecule has 4 nitrogen and oxygen atoms in total. The number of hydrogen-bond acceptors (Lipinski definition) is 5. The van der Waals surface area contributed by atoms with Crippen LogP contribution in [0, 0.1) is 0 Å². The van der Waals surface area contributed by atoms with E-state index in [2.05, 4.69) is 33.0 Å². The fraction of sp³-hybridized carbons (Fsp3) is 0.385. The Morgan fingerprint density at radius 2 is 2.32 bits per heavy atom. The van der Waals surface area contributed by atoms with Gasteiger partial charge in [-0.25, -0.2) is 0 Å². The summed E-state index contributed by atoms with van der Waals surface area (Å²) >= 11 is 5.21. The number of benzene rings is 1. The van der Waals surface area contributed by atoms with Crippen molar-refractivity contribution in [2.24, 2.45) is 5.73 Å². The smallest absolute Gasteiger partial charge is 0.236 e. The number of halogens is 1. The third-order valence-electron chi connectivity index (χ3n) is 2.62. The molecule has 0 aliphatic heterocycles. The zero-order chi connectivity index (χ0) is 13.7. The molecule has 102 valence electrons. The number of hydrogen-bond donors (Lipinski definition) is 1. The van der Waals surface area contributed by atoms with Crippen molar-refractivity contribution in [1.29, 1.82) is 0 Å². The molecule has 0 spiro atoms. The summed E-state index contributed by atoms with van der Waals surface area (Å²) in [6.45, 7) is 2.87. The van der Waals surface area contributed by atoms with E-state index in [9.17, 15) is 0 Å². The Bertz CT molecular complexity index is 532. The molecule has 1 atom stereocenters. The minimum Gasteiger partial charge on any atom is -0.338 e. The summed E-state index contributed by atoms with van der Waals surface area (Å²) in [6.07, 6.45) is 0.997. The van der Waals surface area contributed by atoms with E-state index in [0.29, 0.717) is 23.5 Å². The average Bonchev–Trinajstić information content (AvgIpc) is 2.85. The van der Waals surface area contributed by atoms with E-state index >= 15 is 0 Å². The highest BCUT2D eigenvalue weighted by Gasteiger charge is 2.10. The summed E-state index contributed by atoms with van der Waals surface area (Å²) in [4.78, 5) is 4.40. The van der Waals surface area contributed by atoms with Gasteiger partial charge in [-0.2, -0.15) is 4.98 Å². The van der Waals surface area contributed by atoms with Crippen LogP contribution in [-0.4, -0.2) is 21.9 Å². The number of rotatable bonds is 6. The topological polar surface area (TPSA) is 64.9 Å². The van der Waals surface area contributed by atoms with Crippen LogP contribution in [-0.2, 0) is 5.75 Å². The van der Waals surface area contributed by atoms with E-state index in [1.165, 1.54) is 0 Å². The van der Waals surface area contributed by atoms with Crippen LogP contribution in [0.5, 0.6) is 0 Å². The molecule has 0 fully saturated rings. The van der Waals surface area contributed by atoms with Gasteiger partial charge in [-0.05, 0) is 25.1 Å². The van der Waals surface area contributed by atoms with E-state index in [4.69, 9.17) is 10.3 Å². The monoisotopic (exact) mass is 341 g/mol. The lowest BCUT2D eigenvalue weighted by Crippen LogP contribution is -2.07. The predicted octanol–water partition coefficient (Wildman–Crippen LogP) is 3.47. The van der Waals surface area contributed by atoms with Gasteiger partial charge in [0.2, 0.25) is 11.7 Å². The minimum absolute atomic E-state index is 0.506. The van der Waals surface area contributed by atoms with Crippen LogP contribution in [0.25, 0.3) is 11.4 Å². The number of thioether (sulfide) groups is 1. The molecule has 2 aromatic rings. The molecule has 1 aromatic heterocycles. The quantitative estimate of drug-likeness (QED) is 0.871. The SMILES string of the molecule is CC(CCN)SCc1nc(-c2cccc(Br)c2)no1. The lowest BCUT2D eigenvalue weighted by molar-refractivity contribution is 0.391. The Hall–Kier alpha value is -0.850. The second-order valence-corrected chi connectivity index (χ2v) is 6.56. The molecular formula is C13H16BrN3OS. The Morgan fingerprint density at radius 3 is 3.05 bits per heavy atom. The van der Waals surface area contributed by atoms with Crippen LogP contribution in [0.2, 0.25) is 0 Å². The number of nitrogens with zero attached hydrogens (tertiary/aromatic N) is 2. The Balaban J connectivity index is 1.99. The van der Waals surface area contributed by atoms with E-state index in [0.717, 1.165) is 22.2 Å². The first-order valence-electron chi connectivity index (χ1n) is 6.09. The second-order valence-electron chi connectivity index (χ2n) is 4.22. The third kappa shape index (κ3) is 4.33. The van der Waals surface area contributed by atoms with Crippen molar-refractivity contribution in [3.63, 3.8) is 0 Å². The molecule has 0 saturated heterocycles. The summed E-state index contributed by atoms with van der Waals surface area (Å²) in [7, 11) is 0. The fourth-order valence-corrected chi connectivity index (χ4v) is 2.84. The van der Waals surface area contributed by atoms with Crippen molar-refractivity contribution < 1.29 is 4.52 Å². The molecule has 0 bridgehead atoms. The Kier molecular flexibility index (Phi) is 5.42. The minimum atomic E-state index is 0.506. The molecule has 6 heteroatoms. The standard InChI is InChI=1S/C13H16BrN3OS/c1-9(5-6-15)19-8-12-16-13(17-18-12)10-3-2-4-11(14)7-10/h2-4,7,9H,5-6,8,15H2,1H3. The molecule has 1 aromatic carbocycles. The van der Waals surface area contributed by atoms with Crippen LogP contribution < -0.4 is 5.73 Å². The van der Waals surface area contributed by atoms with E-state index in [1.807, 2.05) is 24.3 Å². The molecule has 2 rings (SSSR count). The van der Waals surface area contributed by atoms with Gasteiger partial charge in [-0.1, -0.05) is 40.1 Å². The van der Waals surface area contributed by atoms with Crippen molar-refractivity contribution in [3.8, 4) is 11.4 Å². The molecule has 0 saturated carbocycles. The van der Waals surface area contributed by atoms with Crippen LogP contribution in [0.4, 0.5) is 0 Å². The van der Waals surface area contributed by atoms with E-state index in [1.54, 1.807) is 11.8 Å². The summed E-state index contributed by atoms with van der Waals surface area (Å²) in [5, 5.41) is 4.51. The van der Waals surface area contributed by atoms with Gasteiger partial charge >= 0.3 is 0 Å². The molecule has 19 heavy (non-hydrogen) atoms. The maximum Gasteiger partial charge on any atom is 0.236 e. The van der Waals surface area contributed by atoms with Gasteiger partial charge in [0.1, 0.15) is 0 Å². The van der Waals surface area contributed by atoms with Gasteiger partial charge in [0.15, 0.2) is 0 Å². The first kappa shape index (κ1) is 14.6. The Morgan fingerprint density at radius 1 is 1.47 bits per heavy atom. The predicted molar refractivity (Wildman–Crippen MR) is 81.9 cm³/mol. The fourth-order valence-electron chi connectivity index (χ4n) is 1.59. The maximum atomic E-state index is 5.52. The number of aromatic nitrogens is 2. The van der Waals surface area contributed by atoms with Gasteiger partial charge in [0, 0.05) is 15.3 Å². The van der Waals surface area contributed by atoms with Gasteiger partial charge in [-0.3, -0.25) is 0 Å². The lowest BCUT2D eigenvalue weighted by atomic mass is 10.2. The van der Waals surface area contributed by atoms with E-state index in [-0.39, 0.29) is 0 Å². The van der Waals surface area contributed by atoms with Gasteiger partial charge in [0.25, 0.3) is 0 Å². The zero-order valence-corrected chi connectivity index (χ0v) is 13.1. The molecule has 0 aliphatic rings. The lowest BCUT2D eigenvalue weighted by Gasteiger charge is -2.06. The van der Waals surface area contributed by atoms with Crippen molar-refractivity contribution in [3.05, 3.63) is 34.6 Å². The van der Waals surface area contributed by atoms with Gasteiger partial charge < -0.3 is 10.3 Å². The summed E-state index contributed by atoms with van der Waals surface area (Å²) < 4.78 is 6.26. The van der Waals surface area contributed by atoms with Gasteiger partial charge in [0.05, 0.1) is 5.75 Å². The van der Waals surface area contributed by atoms with Gasteiger partial charge in [-0.15, -0.1) is 11.8 Å². The van der Waals surface area contributed by atoms with Crippen LogP contribution in [0.1, 0.15) is 19.2 Å². The first-order valence-corrected chi connectivity index (χ1v) is 7.93. The van der Waals surface area contributed by atoms with E-state index < -0.39 is 0 Å². The molecule has 1 unspecified atom stereocenters.